The van der Waals surface area contributed by atoms with E-state index in [0.717, 1.165) is 0 Å². The second-order valence-electron chi connectivity index (χ2n) is 6.36. The van der Waals surface area contributed by atoms with Crippen LogP contribution in [0.15, 0.2) is 41.0 Å². The van der Waals surface area contributed by atoms with Crippen LogP contribution in [0.25, 0.3) is 0 Å². The number of Topliss-reactive ketones (excluding diaryl/α,β-unsaturated/α-hetero) is 1. The van der Waals surface area contributed by atoms with Crippen LogP contribution in [0.2, 0.25) is 0 Å². The molecule has 8 heteroatoms. The number of carbonyl (C=O) groups excluding carboxylic acids is 3. The average Bonchev–Trinajstić information content (AvgIpc) is 3.35. The van der Waals surface area contributed by atoms with Crippen molar-refractivity contribution in [1.82, 2.24) is 4.90 Å². The van der Waals surface area contributed by atoms with Gasteiger partial charge >= 0.3 is 5.97 Å². The number of rotatable bonds is 8. The maximum Gasteiger partial charge on any atom is 0.311 e. The molecule has 2 aromatic rings. The van der Waals surface area contributed by atoms with Crippen molar-refractivity contribution in [3.05, 3.63) is 47.9 Å². The number of nitrogens with zero attached hydrogens (tertiary/aromatic N) is 1. The zero-order chi connectivity index (χ0) is 20.1. The van der Waals surface area contributed by atoms with E-state index in [2.05, 4.69) is 0 Å². The highest BCUT2D eigenvalue weighted by molar-refractivity contribution is 5.98. The second kappa shape index (κ2) is 8.60. The monoisotopic (exact) mass is 387 g/mol. The first kappa shape index (κ1) is 19.5. The molecule has 8 nitrogen and oxygen atoms in total. The SMILES string of the molecule is COc1ccc(C(=O)COC(=O)[C@H]2CC(=O)N(Cc3ccco3)C2)cc1OC. The number of amides is 1. The lowest BCUT2D eigenvalue weighted by atomic mass is 10.1. The van der Waals surface area contributed by atoms with E-state index in [-0.39, 0.29) is 24.7 Å². The van der Waals surface area contributed by atoms with Gasteiger partial charge in [-0.15, -0.1) is 0 Å². The normalized spacial score (nSPS) is 16.1. The molecular weight excluding hydrogens is 366 g/mol. The van der Waals surface area contributed by atoms with E-state index in [4.69, 9.17) is 18.6 Å². The predicted octanol–water partition coefficient (Wildman–Crippen LogP) is 2.07. The molecule has 1 saturated heterocycles. The van der Waals surface area contributed by atoms with Gasteiger partial charge in [0.05, 0.1) is 32.9 Å². The van der Waals surface area contributed by atoms with Gasteiger partial charge in [-0.05, 0) is 30.3 Å². The lowest BCUT2D eigenvalue weighted by molar-refractivity contribution is -0.147. The predicted molar refractivity (Wildman–Crippen MR) is 97.1 cm³/mol. The smallest absolute Gasteiger partial charge is 0.311 e. The largest absolute Gasteiger partial charge is 0.493 e. The number of ketones is 1. The lowest BCUT2D eigenvalue weighted by Crippen LogP contribution is -2.27. The molecule has 2 heterocycles. The van der Waals surface area contributed by atoms with Crippen molar-refractivity contribution < 1.29 is 33.0 Å². The van der Waals surface area contributed by atoms with E-state index >= 15 is 0 Å². The summed E-state index contributed by atoms with van der Waals surface area (Å²) in [4.78, 5) is 38.2. The maximum absolute atomic E-state index is 12.3. The van der Waals surface area contributed by atoms with Crippen LogP contribution in [0.4, 0.5) is 0 Å². The first-order valence-corrected chi connectivity index (χ1v) is 8.74. The Balaban J connectivity index is 1.54. The fourth-order valence-electron chi connectivity index (χ4n) is 3.02. The third kappa shape index (κ3) is 4.33. The van der Waals surface area contributed by atoms with E-state index in [9.17, 15) is 14.4 Å². The molecule has 1 aromatic heterocycles. The van der Waals surface area contributed by atoms with Crippen molar-refractivity contribution >= 4 is 17.7 Å². The zero-order valence-corrected chi connectivity index (χ0v) is 15.7. The first-order valence-electron chi connectivity index (χ1n) is 8.74. The van der Waals surface area contributed by atoms with Crippen molar-refractivity contribution in [2.75, 3.05) is 27.4 Å². The number of hydrogen-bond acceptors (Lipinski definition) is 7. The molecule has 0 unspecified atom stereocenters. The fourth-order valence-corrected chi connectivity index (χ4v) is 3.02. The van der Waals surface area contributed by atoms with E-state index in [1.165, 1.54) is 26.5 Å². The Bertz CT molecular complexity index is 859. The quantitative estimate of drug-likeness (QED) is 0.505. The molecule has 1 aliphatic rings. The number of carbonyl (C=O) groups is 3. The number of methoxy groups -OCH3 is 2. The van der Waals surface area contributed by atoms with Crippen molar-refractivity contribution in [2.24, 2.45) is 5.92 Å². The van der Waals surface area contributed by atoms with E-state index in [0.29, 0.717) is 29.4 Å². The van der Waals surface area contributed by atoms with Gasteiger partial charge in [-0.3, -0.25) is 14.4 Å². The highest BCUT2D eigenvalue weighted by Crippen LogP contribution is 2.28. The van der Waals surface area contributed by atoms with Gasteiger partial charge in [0.15, 0.2) is 23.9 Å². The Morgan fingerprint density at radius 3 is 2.64 bits per heavy atom. The average molecular weight is 387 g/mol. The Morgan fingerprint density at radius 1 is 1.18 bits per heavy atom. The zero-order valence-electron chi connectivity index (χ0n) is 15.7. The lowest BCUT2D eigenvalue weighted by Gasteiger charge is -2.14. The minimum Gasteiger partial charge on any atom is -0.493 e. The van der Waals surface area contributed by atoms with Crippen LogP contribution in [0, 0.1) is 5.92 Å². The van der Waals surface area contributed by atoms with Crippen molar-refractivity contribution in [2.45, 2.75) is 13.0 Å². The highest BCUT2D eigenvalue weighted by atomic mass is 16.5. The highest BCUT2D eigenvalue weighted by Gasteiger charge is 2.36. The molecule has 1 amide bonds. The Morgan fingerprint density at radius 2 is 1.96 bits per heavy atom. The summed E-state index contributed by atoms with van der Waals surface area (Å²) in [5, 5.41) is 0. The van der Waals surface area contributed by atoms with Crippen molar-refractivity contribution in [3.63, 3.8) is 0 Å². The molecule has 0 radical (unpaired) electrons. The van der Waals surface area contributed by atoms with E-state index in [1.807, 2.05) is 0 Å². The van der Waals surface area contributed by atoms with Gasteiger partial charge < -0.3 is 23.5 Å². The Labute approximate surface area is 162 Å². The second-order valence-corrected chi connectivity index (χ2v) is 6.36. The molecule has 0 bridgehead atoms. The van der Waals surface area contributed by atoms with Gasteiger partial charge in [0, 0.05) is 18.5 Å². The molecule has 1 fully saturated rings. The summed E-state index contributed by atoms with van der Waals surface area (Å²) in [5.74, 6) is -0.127. The van der Waals surface area contributed by atoms with Crippen LogP contribution in [-0.4, -0.2) is 49.9 Å². The molecular formula is C20H21NO7. The molecule has 0 saturated carbocycles. The molecule has 0 aliphatic carbocycles. The molecule has 1 aliphatic heterocycles. The third-order valence-corrected chi connectivity index (χ3v) is 4.53. The minimum atomic E-state index is -0.597. The molecule has 0 N–H and O–H groups in total. The number of ether oxygens (including phenoxy) is 3. The summed E-state index contributed by atoms with van der Waals surface area (Å²) in [5.41, 5.74) is 0.340. The van der Waals surface area contributed by atoms with Crippen LogP contribution < -0.4 is 9.47 Å². The summed E-state index contributed by atoms with van der Waals surface area (Å²) < 4.78 is 20.7. The minimum absolute atomic E-state index is 0.0596. The van der Waals surface area contributed by atoms with Gasteiger partial charge in [0.1, 0.15) is 5.76 Å². The van der Waals surface area contributed by atoms with Gasteiger partial charge in [-0.2, -0.15) is 0 Å². The molecule has 1 aromatic carbocycles. The summed E-state index contributed by atoms with van der Waals surface area (Å²) >= 11 is 0. The van der Waals surface area contributed by atoms with Crippen LogP contribution in [-0.2, 0) is 20.9 Å². The van der Waals surface area contributed by atoms with Gasteiger partial charge in [0.25, 0.3) is 0 Å². The number of hydrogen-bond donors (Lipinski definition) is 0. The first-order chi connectivity index (χ1) is 13.5. The van der Waals surface area contributed by atoms with Crippen LogP contribution >= 0.6 is 0 Å². The van der Waals surface area contributed by atoms with Crippen LogP contribution in [0.3, 0.4) is 0 Å². The fraction of sp³-hybridized carbons (Fsp3) is 0.350. The number of esters is 1. The molecule has 0 spiro atoms. The number of benzene rings is 1. The Kier molecular flexibility index (Phi) is 5.98. The van der Waals surface area contributed by atoms with Crippen LogP contribution in [0.1, 0.15) is 22.5 Å². The number of furan rings is 1. The number of likely N-dealkylation sites (tertiary alicyclic amines) is 1. The molecule has 1 atom stereocenters. The van der Waals surface area contributed by atoms with Crippen molar-refractivity contribution in [1.29, 1.82) is 0 Å². The van der Waals surface area contributed by atoms with E-state index < -0.39 is 18.5 Å². The summed E-state index contributed by atoms with van der Waals surface area (Å²) in [6, 6.07) is 8.21. The molecule has 148 valence electrons. The Hall–Kier alpha value is -3.29. The third-order valence-electron chi connectivity index (χ3n) is 4.53. The summed E-state index contributed by atoms with van der Waals surface area (Å²) in [6.45, 7) is 0.139. The standard InChI is InChI=1S/C20H21NO7/c1-25-17-6-5-13(8-18(17)26-2)16(22)12-28-20(24)14-9-19(23)21(10-14)11-15-4-3-7-27-15/h3-8,14H,9-12H2,1-2H3/t14-/m0/s1. The van der Waals surface area contributed by atoms with Gasteiger partial charge in [-0.25, -0.2) is 0 Å². The summed E-state index contributed by atoms with van der Waals surface area (Å²) in [7, 11) is 2.97. The topological polar surface area (TPSA) is 95.3 Å². The maximum atomic E-state index is 12.3. The molecule has 3 rings (SSSR count). The van der Waals surface area contributed by atoms with Crippen molar-refractivity contribution in [3.8, 4) is 11.5 Å². The van der Waals surface area contributed by atoms with Crippen LogP contribution in [0.5, 0.6) is 11.5 Å². The molecule has 28 heavy (non-hydrogen) atoms. The summed E-state index contributed by atoms with van der Waals surface area (Å²) in [6.07, 6.45) is 1.59. The van der Waals surface area contributed by atoms with Gasteiger partial charge in [-0.1, -0.05) is 0 Å². The van der Waals surface area contributed by atoms with Gasteiger partial charge in [0.2, 0.25) is 5.91 Å². The van der Waals surface area contributed by atoms with E-state index in [1.54, 1.807) is 29.2 Å².